The standard InChI is InChI=1S/C14H18N2O3/c15-14(18)12-6-8-16(9-7-12)19-13(17)10-11-4-2-1-3-5-11/h1-5,12H,6-10H2,(H2,15,18). The first-order valence-corrected chi connectivity index (χ1v) is 6.44. The third-order valence-corrected chi connectivity index (χ3v) is 3.28. The molecule has 102 valence electrons. The molecule has 1 aliphatic rings. The van der Waals surface area contributed by atoms with Crippen molar-refractivity contribution in [3.63, 3.8) is 0 Å². The number of nitrogens with two attached hydrogens (primary N) is 1. The highest BCUT2D eigenvalue weighted by Gasteiger charge is 2.25. The van der Waals surface area contributed by atoms with Crippen LogP contribution in [-0.4, -0.2) is 30.0 Å². The van der Waals surface area contributed by atoms with Gasteiger partial charge < -0.3 is 10.6 Å². The normalized spacial score (nSPS) is 17.1. The van der Waals surface area contributed by atoms with Gasteiger partial charge >= 0.3 is 5.97 Å². The Balaban J connectivity index is 1.76. The van der Waals surface area contributed by atoms with Crippen molar-refractivity contribution in [2.75, 3.05) is 13.1 Å². The minimum atomic E-state index is -0.274. The molecule has 0 radical (unpaired) electrons. The lowest BCUT2D eigenvalue weighted by Gasteiger charge is -2.28. The number of hydrogen-bond acceptors (Lipinski definition) is 4. The number of piperidine rings is 1. The molecule has 5 nitrogen and oxygen atoms in total. The van der Waals surface area contributed by atoms with Crippen LogP contribution < -0.4 is 5.73 Å². The molecule has 0 aromatic heterocycles. The number of amides is 1. The van der Waals surface area contributed by atoms with Gasteiger partial charge in [0.25, 0.3) is 0 Å². The van der Waals surface area contributed by atoms with Gasteiger partial charge in [0, 0.05) is 19.0 Å². The maximum atomic E-state index is 11.7. The topological polar surface area (TPSA) is 72.6 Å². The van der Waals surface area contributed by atoms with Crippen LogP contribution in [-0.2, 0) is 20.8 Å². The van der Waals surface area contributed by atoms with Gasteiger partial charge in [0.2, 0.25) is 5.91 Å². The van der Waals surface area contributed by atoms with E-state index in [4.69, 9.17) is 10.6 Å². The summed E-state index contributed by atoms with van der Waals surface area (Å²) in [6.07, 6.45) is 1.55. The van der Waals surface area contributed by atoms with E-state index in [1.54, 1.807) is 5.06 Å². The smallest absolute Gasteiger partial charge is 0.329 e. The Morgan fingerprint density at radius 3 is 2.42 bits per heavy atom. The number of nitrogens with zero attached hydrogens (tertiary/aromatic N) is 1. The molecule has 0 spiro atoms. The van der Waals surface area contributed by atoms with E-state index in [2.05, 4.69) is 0 Å². The van der Waals surface area contributed by atoms with Crippen LogP contribution in [0.2, 0.25) is 0 Å². The average molecular weight is 262 g/mol. The van der Waals surface area contributed by atoms with Crippen LogP contribution in [0.1, 0.15) is 18.4 Å². The quantitative estimate of drug-likeness (QED) is 0.874. The molecule has 2 N–H and O–H groups in total. The average Bonchev–Trinajstić information content (AvgIpc) is 2.40. The molecule has 1 amide bonds. The van der Waals surface area contributed by atoms with Crippen molar-refractivity contribution in [1.29, 1.82) is 0 Å². The SMILES string of the molecule is NC(=O)C1CCN(OC(=O)Cc2ccccc2)CC1. The third-order valence-electron chi connectivity index (χ3n) is 3.28. The fraction of sp³-hybridized carbons (Fsp3) is 0.429. The minimum Gasteiger partial charge on any atom is -0.369 e. The second-order valence-electron chi connectivity index (χ2n) is 4.73. The molecular weight excluding hydrogens is 244 g/mol. The van der Waals surface area contributed by atoms with Crippen LogP contribution in [0.15, 0.2) is 30.3 Å². The van der Waals surface area contributed by atoms with Crippen LogP contribution in [0.25, 0.3) is 0 Å². The van der Waals surface area contributed by atoms with Gasteiger partial charge in [-0.15, -0.1) is 5.06 Å². The molecule has 1 heterocycles. The van der Waals surface area contributed by atoms with Crippen molar-refractivity contribution in [1.82, 2.24) is 5.06 Å². The molecule has 19 heavy (non-hydrogen) atoms. The molecule has 0 bridgehead atoms. The molecule has 1 saturated heterocycles. The Labute approximate surface area is 112 Å². The number of carbonyl (C=O) groups is 2. The number of primary amides is 1. The van der Waals surface area contributed by atoms with Crippen molar-refractivity contribution < 1.29 is 14.4 Å². The summed E-state index contributed by atoms with van der Waals surface area (Å²) in [6, 6.07) is 9.46. The first kappa shape index (κ1) is 13.5. The van der Waals surface area contributed by atoms with Crippen LogP contribution >= 0.6 is 0 Å². The van der Waals surface area contributed by atoms with Gasteiger partial charge in [-0.3, -0.25) is 4.79 Å². The zero-order chi connectivity index (χ0) is 13.7. The van der Waals surface area contributed by atoms with Crippen LogP contribution in [0.3, 0.4) is 0 Å². The lowest BCUT2D eigenvalue weighted by molar-refractivity contribution is -0.195. The number of hydrogen-bond donors (Lipinski definition) is 1. The zero-order valence-corrected chi connectivity index (χ0v) is 10.7. The number of rotatable bonds is 4. The van der Waals surface area contributed by atoms with E-state index in [-0.39, 0.29) is 24.2 Å². The fourth-order valence-electron chi connectivity index (χ4n) is 2.17. The van der Waals surface area contributed by atoms with Gasteiger partial charge in [0.1, 0.15) is 0 Å². The molecule has 1 aromatic carbocycles. The third kappa shape index (κ3) is 4.06. The van der Waals surface area contributed by atoms with Gasteiger partial charge in [-0.2, -0.15) is 0 Å². The molecular formula is C14H18N2O3. The maximum Gasteiger partial charge on any atom is 0.329 e. The monoisotopic (exact) mass is 262 g/mol. The first-order chi connectivity index (χ1) is 9.15. The largest absolute Gasteiger partial charge is 0.369 e. The van der Waals surface area contributed by atoms with E-state index in [0.29, 0.717) is 25.9 Å². The number of hydroxylamine groups is 2. The van der Waals surface area contributed by atoms with Gasteiger partial charge in [0.05, 0.1) is 6.42 Å². The summed E-state index contributed by atoms with van der Waals surface area (Å²) in [5.74, 6) is -0.636. The molecule has 0 saturated carbocycles. The molecule has 5 heteroatoms. The van der Waals surface area contributed by atoms with E-state index >= 15 is 0 Å². The summed E-state index contributed by atoms with van der Waals surface area (Å²) in [5.41, 5.74) is 6.18. The Kier molecular flexibility index (Phi) is 4.52. The molecule has 2 rings (SSSR count). The fourth-order valence-corrected chi connectivity index (χ4v) is 2.17. The van der Waals surface area contributed by atoms with E-state index in [9.17, 15) is 9.59 Å². The van der Waals surface area contributed by atoms with Crippen molar-refractivity contribution >= 4 is 11.9 Å². The van der Waals surface area contributed by atoms with Crippen LogP contribution in [0.4, 0.5) is 0 Å². The van der Waals surface area contributed by atoms with Crippen LogP contribution in [0, 0.1) is 5.92 Å². The van der Waals surface area contributed by atoms with Crippen molar-refractivity contribution in [2.24, 2.45) is 11.7 Å². The minimum absolute atomic E-state index is 0.0934. The van der Waals surface area contributed by atoms with Crippen LogP contribution in [0.5, 0.6) is 0 Å². The van der Waals surface area contributed by atoms with Gasteiger partial charge in [0.15, 0.2) is 0 Å². The summed E-state index contributed by atoms with van der Waals surface area (Å²) in [5, 5.41) is 1.62. The number of benzene rings is 1. The first-order valence-electron chi connectivity index (χ1n) is 6.44. The molecule has 0 aliphatic carbocycles. The van der Waals surface area contributed by atoms with Gasteiger partial charge in [-0.1, -0.05) is 30.3 Å². The summed E-state index contributed by atoms with van der Waals surface area (Å²) in [7, 11) is 0. The molecule has 1 aliphatic heterocycles. The predicted octanol–water partition coefficient (Wildman–Crippen LogP) is 0.885. The lowest BCUT2D eigenvalue weighted by atomic mass is 9.97. The molecule has 0 unspecified atom stereocenters. The van der Waals surface area contributed by atoms with Crippen molar-refractivity contribution in [3.8, 4) is 0 Å². The summed E-state index contributed by atoms with van der Waals surface area (Å²) in [6.45, 7) is 1.13. The highest BCUT2D eigenvalue weighted by Crippen LogP contribution is 2.17. The van der Waals surface area contributed by atoms with Crippen molar-refractivity contribution in [3.05, 3.63) is 35.9 Å². The van der Waals surface area contributed by atoms with E-state index in [1.165, 1.54) is 0 Å². The Morgan fingerprint density at radius 1 is 1.21 bits per heavy atom. The van der Waals surface area contributed by atoms with E-state index in [0.717, 1.165) is 5.56 Å². The second kappa shape index (κ2) is 6.33. The Morgan fingerprint density at radius 2 is 1.84 bits per heavy atom. The Hall–Kier alpha value is -1.88. The summed E-state index contributed by atoms with van der Waals surface area (Å²) in [4.78, 5) is 28.0. The molecule has 0 atom stereocenters. The predicted molar refractivity (Wildman–Crippen MR) is 69.7 cm³/mol. The second-order valence-corrected chi connectivity index (χ2v) is 4.73. The van der Waals surface area contributed by atoms with Gasteiger partial charge in [-0.25, -0.2) is 4.79 Å². The highest BCUT2D eigenvalue weighted by molar-refractivity contribution is 5.76. The van der Waals surface area contributed by atoms with Crippen molar-refractivity contribution in [2.45, 2.75) is 19.3 Å². The Bertz CT molecular complexity index is 439. The molecule has 1 aromatic rings. The van der Waals surface area contributed by atoms with Gasteiger partial charge in [-0.05, 0) is 18.4 Å². The maximum absolute atomic E-state index is 11.7. The number of carbonyl (C=O) groups excluding carboxylic acids is 2. The summed E-state index contributed by atoms with van der Waals surface area (Å²) >= 11 is 0. The van der Waals surface area contributed by atoms with E-state index < -0.39 is 0 Å². The zero-order valence-electron chi connectivity index (χ0n) is 10.7. The molecule has 1 fully saturated rings. The highest BCUT2D eigenvalue weighted by atomic mass is 16.7. The van der Waals surface area contributed by atoms with E-state index in [1.807, 2.05) is 30.3 Å². The lowest BCUT2D eigenvalue weighted by Crippen LogP contribution is -2.39. The summed E-state index contributed by atoms with van der Waals surface area (Å²) < 4.78 is 0.